The fourth-order valence-electron chi connectivity index (χ4n) is 2.10. The lowest BCUT2D eigenvalue weighted by molar-refractivity contribution is -0.383. The Bertz CT molecular complexity index is 684. The molecule has 20 heavy (non-hydrogen) atoms. The molecule has 0 amide bonds. The number of aromatic nitrogens is 2. The summed E-state index contributed by atoms with van der Waals surface area (Å²) in [5, 5.41) is 11.0. The summed E-state index contributed by atoms with van der Waals surface area (Å²) in [5.41, 5.74) is 0.510. The number of para-hydroxylation sites is 1. The van der Waals surface area contributed by atoms with Crippen LogP contribution in [-0.2, 0) is 15.8 Å². The van der Waals surface area contributed by atoms with Crippen LogP contribution in [0, 0.1) is 10.1 Å². The van der Waals surface area contributed by atoms with Crippen LogP contribution in [0.15, 0.2) is 18.2 Å². The molecule has 0 bridgehead atoms. The maximum absolute atomic E-state index is 11.2. The molecular weight excluding hydrogens is 285 g/mol. The average Bonchev–Trinajstić information content (AvgIpc) is 2.76. The van der Waals surface area contributed by atoms with Gasteiger partial charge in [0.2, 0.25) is 0 Å². The Hall–Kier alpha value is -1.89. The second-order valence-electron chi connectivity index (χ2n) is 3.99. The summed E-state index contributed by atoms with van der Waals surface area (Å²) in [6, 6.07) is 4.53. The number of rotatable bonds is 5. The van der Waals surface area contributed by atoms with Crippen molar-refractivity contribution in [3.8, 4) is 0 Å². The molecular formula is C11H12N3O5P. The molecule has 0 N–H and O–H groups in total. The van der Waals surface area contributed by atoms with Crippen molar-refractivity contribution in [2.45, 2.75) is 19.3 Å². The molecule has 0 fully saturated rings. The van der Waals surface area contributed by atoms with Gasteiger partial charge in [0.25, 0.3) is 5.69 Å². The van der Waals surface area contributed by atoms with Gasteiger partial charge >= 0.3 is 13.9 Å². The van der Waals surface area contributed by atoms with Gasteiger partial charge in [0, 0.05) is 19.7 Å². The maximum Gasteiger partial charge on any atom is 0.349 e. The van der Waals surface area contributed by atoms with E-state index in [1.807, 2.05) is 0 Å². The first-order chi connectivity index (χ1) is 9.51. The number of nitro groups is 1. The quantitative estimate of drug-likeness (QED) is 0.472. The van der Waals surface area contributed by atoms with Gasteiger partial charge in [0.05, 0.1) is 10.4 Å². The van der Waals surface area contributed by atoms with E-state index in [1.165, 1.54) is 19.2 Å². The van der Waals surface area contributed by atoms with Gasteiger partial charge in [0.15, 0.2) is 11.3 Å². The van der Waals surface area contributed by atoms with Gasteiger partial charge in [-0.3, -0.25) is 10.1 Å². The Morgan fingerprint density at radius 1 is 1.55 bits per heavy atom. The monoisotopic (exact) mass is 297 g/mol. The third-order valence-corrected chi connectivity index (χ3v) is 3.76. The van der Waals surface area contributed by atoms with E-state index in [-0.39, 0.29) is 17.0 Å². The highest BCUT2D eigenvalue weighted by Crippen LogP contribution is 2.37. The van der Waals surface area contributed by atoms with Gasteiger partial charge in [-0.25, -0.2) is 4.98 Å². The van der Waals surface area contributed by atoms with E-state index in [0.29, 0.717) is 12.1 Å². The molecule has 106 valence electrons. The lowest BCUT2D eigenvalue weighted by Gasteiger charge is -2.09. The third-order valence-electron chi connectivity index (χ3n) is 2.94. The van der Waals surface area contributed by atoms with E-state index in [4.69, 9.17) is 4.74 Å². The average molecular weight is 297 g/mol. The van der Waals surface area contributed by atoms with Crippen LogP contribution in [0.5, 0.6) is 0 Å². The second kappa shape index (κ2) is 5.62. The molecule has 2 rings (SSSR count). The number of nitro benzene ring substituents is 1. The van der Waals surface area contributed by atoms with Crippen molar-refractivity contribution < 1.29 is 19.1 Å². The SMILES string of the molecule is CCn1c(C(OC)[P+](=O)[O-])nc2c([N+](=O)[O-])cccc21. The van der Waals surface area contributed by atoms with Crippen molar-refractivity contribution in [3.63, 3.8) is 0 Å². The molecule has 0 saturated carbocycles. The number of non-ortho nitro benzene ring substituents is 1. The zero-order chi connectivity index (χ0) is 14.9. The summed E-state index contributed by atoms with van der Waals surface area (Å²) in [5.74, 6) is -1.08. The zero-order valence-electron chi connectivity index (χ0n) is 10.8. The minimum atomic E-state index is -2.90. The maximum atomic E-state index is 11.2. The van der Waals surface area contributed by atoms with Crippen molar-refractivity contribution in [1.29, 1.82) is 0 Å². The molecule has 0 saturated heterocycles. The Morgan fingerprint density at radius 2 is 2.25 bits per heavy atom. The number of nitrogens with zero attached hydrogens (tertiary/aromatic N) is 3. The molecule has 1 heterocycles. The molecule has 2 unspecified atom stereocenters. The molecule has 8 nitrogen and oxygen atoms in total. The Labute approximate surface area is 115 Å². The van der Waals surface area contributed by atoms with Gasteiger partial charge < -0.3 is 14.2 Å². The van der Waals surface area contributed by atoms with Crippen LogP contribution in [0.2, 0.25) is 0 Å². The molecule has 0 aliphatic heterocycles. The van der Waals surface area contributed by atoms with Crippen molar-refractivity contribution >= 4 is 24.7 Å². The van der Waals surface area contributed by atoms with Gasteiger partial charge in [-0.1, -0.05) is 10.6 Å². The number of hydrogen-bond donors (Lipinski definition) is 0. The van der Waals surface area contributed by atoms with Gasteiger partial charge in [-0.05, 0) is 13.0 Å². The standard InChI is InChI=1S/C11H12N3O5P/c1-3-13-7-5-4-6-8(14(15)16)9(7)12-10(13)11(19-2)20(17)18/h4-6,11H,3H2,1-2H3. The first-order valence-electron chi connectivity index (χ1n) is 5.81. The fraction of sp³-hybridized carbons (Fsp3) is 0.364. The Balaban J connectivity index is 2.76. The molecule has 0 radical (unpaired) electrons. The van der Waals surface area contributed by atoms with Gasteiger partial charge in [-0.2, -0.15) is 0 Å². The predicted octanol–water partition coefficient (Wildman–Crippen LogP) is 1.71. The van der Waals surface area contributed by atoms with Crippen LogP contribution in [0.4, 0.5) is 5.69 Å². The number of benzene rings is 1. The highest BCUT2D eigenvalue weighted by molar-refractivity contribution is 7.36. The molecule has 1 aromatic carbocycles. The number of ether oxygens (including phenoxy) is 1. The number of hydrogen-bond acceptors (Lipinski definition) is 6. The number of aryl methyl sites for hydroxylation is 1. The summed E-state index contributed by atoms with van der Waals surface area (Å²) >= 11 is 0. The van der Waals surface area contributed by atoms with Crippen LogP contribution in [0.25, 0.3) is 11.0 Å². The van der Waals surface area contributed by atoms with E-state index >= 15 is 0 Å². The molecule has 2 aromatic rings. The number of methoxy groups -OCH3 is 1. The third kappa shape index (κ3) is 2.29. The Kier molecular flexibility index (Phi) is 4.08. The minimum Gasteiger partial charge on any atom is -0.593 e. The fourth-order valence-corrected chi connectivity index (χ4v) is 2.66. The molecule has 1 aromatic heterocycles. The van der Waals surface area contributed by atoms with Crippen LogP contribution < -0.4 is 4.89 Å². The number of imidazole rings is 1. The van der Waals surface area contributed by atoms with Crippen LogP contribution in [0.3, 0.4) is 0 Å². The van der Waals surface area contributed by atoms with Crippen LogP contribution >= 0.6 is 8.03 Å². The minimum absolute atomic E-state index is 0.149. The second-order valence-corrected chi connectivity index (χ2v) is 5.03. The van der Waals surface area contributed by atoms with Crippen LogP contribution in [-0.4, -0.2) is 21.6 Å². The van der Waals surface area contributed by atoms with Crippen molar-refractivity contribution in [1.82, 2.24) is 9.55 Å². The smallest absolute Gasteiger partial charge is 0.349 e. The van der Waals surface area contributed by atoms with E-state index in [0.717, 1.165) is 0 Å². The predicted molar refractivity (Wildman–Crippen MR) is 69.4 cm³/mol. The van der Waals surface area contributed by atoms with Crippen molar-refractivity contribution in [2.75, 3.05) is 7.11 Å². The molecule has 0 aliphatic carbocycles. The molecule has 2 atom stereocenters. The highest BCUT2D eigenvalue weighted by atomic mass is 31.1. The van der Waals surface area contributed by atoms with E-state index in [1.54, 1.807) is 17.6 Å². The van der Waals surface area contributed by atoms with E-state index in [2.05, 4.69) is 4.98 Å². The Morgan fingerprint density at radius 3 is 2.75 bits per heavy atom. The largest absolute Gasteiger partial charge is 0.593 e. The first-order valence-corrected chi connectivity index (χ1v) is 7.05. The van der Waals surface area contributed by atoms with E-state index < -0.39 is 18.8 Å². The molecule has 9 heteroatoms. The van der Waals surface area contributed by atoms with Gasteiger partial charge in [-0.15, -0.1) is 0 Å². The zero-order valence-corrected chi connectivity index (χ0v) is 11.7. The van der Waals surface area contributed by atoms with Gasteiger partial charge in [0.1, 0.15) is 0 Å². The summed E-state index contributed by atoms with van der Waals surface area (Å²) in [6.07, 6.45) is 0. The summed E-state index contributed by atoms with van der Waals surface area (Å²) in [7, 11) is -1.65. The normalized spacial score (nSPS) is 13.4. The van der Waals surface area contributed by atoms with Crippen molar-refractivity contribution in [2.24, 2.45) is 0 Å². The molecule has 0 spiro atoms. The first kappa shape index (κ1) is 14.5. The number of fused-ring (bicyclic) bond motifs is 1. The lowest BCUT2D eigenvalue weighted by atomic mass is 10.2. The summed E-state index contributed by atoms with van der Waals surface area (Å²) < 4.78 is 17.7. The van der Waals surface area contributed by atoms with Crippen molar-refractivity contribution in [3.05, 3.63) is 34.1 Å². The molecule has 0 aliphatic rings. The van der Waals surface area contributed by atoms with E-state index in [9.17, 15) is 19.6 Å². The summed E-state index contributed by atoms with van der Waals surface area (Å²) in [4.78, 5) is 25.8. The lowest BCUT2D eigenvalue weighted by Crippen LogP contribution is -2.10. The summed E-state index contributed by atoms with van der Waals surface area (Å²) in [6.45, 7) is 2.23. The van der Waals surface area contributed by atoms with Crippen LogP contribution in [0.1, 0.15) is 18.6 Å². The highest BCUT2D eigenvalue weighted by Gasteiger charge is 2.31. The topological polar surface area (TPSA) is 110 Å².